The monoisotopic (exact) mass is 606 g/mol. The van der Waals surface area contributed by atoms with Gasteiger partial charge in [-0.15, -0.1) is 0 Å². The van der Waals surface area contributed by atoms with Crippen LogP contribution in [0.2, 0.25) is 0 Å². The SMILES string of the molecule is O=C(NC1CCC(O)CC1)[C@]1(Cc2ccccc2Br)N=C(c2ccc(OCCCO)cc2)O[C@@H]1c1ccccc1. The average Bonchev–Trinajstić information content (AvgIpc) is 3.37. The van der Waals surface area contributed by atoms with Crippen molar-refractivity contribution < 1.29 is 24.5 Å². The fourth-order valence-electron chi connectivity index (χ4n) is 5.37. The van der Waals surface area contributed by atoms with Crippen molar-refractivity contribution in [2.75, 3.05) is 13.2 Å². The minimum absolute atomic E-state index is 0.0296. The van der Waals surface area contributed by atoms with Crippen LogP contribution < -0.4 is 10.1 Å². The zero-order valence-corrected chi connectivity index (χ0v) is 23.9. The third kappa shape index (κ3) is 6.40. The highest BCUT2D eigenvalue weighted by Crippen LogP contribution is 2.43. The second-order valence-electron chi connectivity index (χ2n) is 10.4. The molecule has 2 aliphatic rings. The normalized spacial score (nSPS) is 24.2. The van der Waals surface area contributed by atoms with Crippen molar-refractivity contribution in [1.82, 2.24) is 5.32 Å². The number of aliphatic hydroxyl groups is 2. The van der Waals surface area contributed by atoms with Crippen LogP contribution in [0.15, 0.2) is 88.3 Å². The van der Waals surface area contributed by atoms with E-state index < -0.39 is 11.6 Å². The molecule has 7 nitrogen and oxygen atoms in total. The van der Waals surface area contributed by atoms with Crippen molar-refractivity contribution in [1.29, 1.82) is 0 Å². The van der Waals surface area contributed by atoms with Crippen molar-refractivity contribution in [3.63, 3.8) is 0 Å². The standard InChI is InChI=1S/C32H35BrN2O5/c33-28-10-5-4-9-24(28)21-32(31(38)34-25-13-15-26(37)16-14-25)29(22-7-2-1-3-8-22)40-30(35-32)23-11-17-27(18-12-23)39-20-6-19-36/h1-5,7-12,17-18,25-26,29,36-37H,6,13-16,19-21H2,(H,34,38)/t25?,26?,29-,32-/m1/s1. The smallest absolute Gasteiger partial charge is 0.252 e. The number of amides is 1. The molecule has 8 heteroatoms. The van der Waals surface area contributed by atoms with Gasteiger partial charge in [0.25, 0.3) is 5.91 Å². The second-order valence-corrected chi connectivity index (χ2v) is 11.3. The van der Waals surface area contributed by atoms with Crippen molar-refractivity contribution in [2.45, 2.75) is 62.3 Å². The summed E-state index contributed by atoms with van der Waals surface area (Å²) in [6, 6.07) is 25.1. The van der Waals surface area contributed by atoms with Gasteiger partial charge in [0.2, 0.25) is 5.90 Å². The molecule has 1 fully saturated rings. The molecule has 1 aliphatic carbocycles. The summed E-state index contributed by atoms with van der Waals surface area (Å²) in [5.74, 6) is 0.904. The van der Waals surface area contributed by atoms with Crippen LogP contribution in [-0.4, -0.2) is 52.9 Å². The van der Waals surface area contributed by atoms with Gasteiger partial charge < -0.3 is 25.0 Å². The van der Waals surface area contributed by atoms with Crippen molar-refractivity contribution >= 4 is 27.7 Å². The van der Waals surface area contributed by atoms with Crippen LogP contribution in [0.25, 0.3) is 0 Å². The molecular weight excluding hydrogens is 572 g/mol. The van der Waals surface area contributed by atoms with Gasteiger partial charge in [0.05, 0.1) is 12.7 Å². The molecule has 1 amide bonds. The minimum atomic E-state index is -1.26. The molecule has 0 unspecified atom stereocenters. The maximum Gasteiger partial charge on any atom is 0.252 e. The molecular formula is C32H35BrN2O5. The lowest BCUT2D eigenvalue weighted by atomic mass is 9.81. The molecule has 0 spiro atoms. The highest BCUT2D eigenvalue weighted by atomic mass is 79.9. The number of hydrogen-bond donors (Lipinski definition) is 3. The van der Waals surface area contributed by atoms with Crippen molar-refractivity contribution in [2.24, 2.45) is 4.99 Å². The molecule has 5 rings (SSSR count). The first kappa shape index (κ1) is 28.3. The second kappa shape index (κ2) is 13.0. The van der Waals surface area contributed by atoms with Crippen LogP contribution in [0.5, 0.6) is 5.75 Å². The van der Waals surface area contributed by atoms with E-state index in [2.05, 4.69) is 21.2 Å². The fraction of sp³-hybridized carbons (Fsp3) is 0.375. The Hall–Kier alpha value is -3.20. The summed E-state index contributed by atoms with van der Waals surface area (Å²) in [7, 11) is 0. The van der Waals surface area contributed by atoms with Crippen LogP contribution in [0.4, 0.5) is 0 Å². The van der Waals surface area contributed by atoms with Crippen molar-refractivity contribution in [3.05, 3.63) is 100 Å². The lowest BCUT2D eigenvalue weighted by Gasteiger charge is -2.34. The number of rotatable bonds is 10. The first-order valence-electron chi connectivity index (χ1n) is 13.9. The van der Waals surface area contributed by atoms with E-state index in [0.29, 0.717) is 43.9 Å². The quantitative estimate of drug-likeness (QED) is 0.278. The molecule has 1 saturated carbocycles. The third-order valence-electron chi connectivity index (χ3n) is 7.58. The van der Waals surface area contributed by atoms with Gasteiger partial charge in [-0.25, -0.2) is 4.99 Å². The van der Waals surface area contributed by atoms with E-state index in [4.69, 9.17) is 19.6 Å². The number of halogens is 1. The van der Waals surface area contributed by atoms with E-state index in [1.165, 1.54) is 0 Å². The van der Waals surface area contributed by atoms with Crippen molar-refractivity contribution in [3.8, 4) is 5.75 Å². The number of carbonyl (C=O) groups is 1. The lowest BCUT2D eigenvalue weighted by Crippen LogP contribution is -2.53. The number of benzene rings is 3. The number of nitrogens with zero attached hydrogens (tertiary/aromatic N) is 1. The number of carbonyl (C=O) groups excluding carboxylic acids is 1. The van der Waals surface area contributed by atoms with E-state index >= 15 is 0 Å². The number of nitrogens with one attached hydrogen (secondary N) is 1. The molecule has 1 aliphatic heterocycles. The molecule has 0 aromatic heterocycles. The van der Waals surface area contributed by atoms with Gasteiger partial charge >= 0.3 is 0 Å². The fourth-order valence-corrected chi connectivity index (χ4v) is 5.80. The summed E-state index contributed by atoms with van der Waals surface area (Å²) < 4.78 is 13.2. The number of aliphatic hydroxyl groups excluding tert-OH is 2. The summed E-state index contributed by atoms with van der Waals surface area (Å²) in [5.41, 5.74) is 1.32. The van der Waals surface area contributed by atoms with E-state index in [0.717, 1.165) is 34.0 Å². The summed E-state index contributed by atoms with van der Waals surface area (Å²) in [4.78, 5) is 19.5. The molecule has 0 saturated heterocycles. The van der Waals surface area contributed by atoms with Crippen LogP contribution in [-0.2, 0) is 16.0 Å². The molecule has 3 aromatic carbocycles. The predicted octanol–water partition coefficient (Wildman–Crippen LogP) is 5.13. The minimum Gasteiger partial charge on any atom is -0.494 e. The van der Waals surface area contributed by atoms with Crippen LogP contribution in [0.3, 0.4) is 0 Å². The molecule has 40 heavy (non-hydrogen) atoms. The molecule has 3 aromatic rings. The Morgan fingerprint density at radius 3 is 2.40 bits per heavy atom. The van der Waals surface area contributed by atoms with Crippen LogP contribution >= 0.6 is 15.9 Å². The van der Waals surface area contributed by atoms with Gasteiger partial charge in [-0.3, -0.25) is 4.79 Å². The molecule has 1 heterocycles. The first-order chi connectivity index (χ1) is 19.5. The Kier molecular flexibility index (Phi) is 9.19. The van der Waals surface area contributed by atoms with Gasteiger partial charge in [-0.1, -0.05) is 64.5 Å². The molecule has 2 atom stereocenters. The number of hydrogen-bond acceptors (Lipinski definition) is 6. The van der Waals surface area contributed by atoms with Gasteiger partial charge in [0, 0.05) is 35.5 Å². The Bertz CT molecular complexity index is 1310. The Labute approximate surface area is 243 Å². The summed E-state index contributed by atoms with van der Waals surface area (Å²) in [5, 5.41) is 22.3. The Morgan fingerprint density at radius 2 is 1.70 bits per heavy atom. The molecule has 0 bridgehead atoms. The van der Waals surface area contributed by atoms with Gasteiger partial charge in [0.15, 0.2) is 11.6 Å². The largest absolute Gasteiger partial charge is 0.494 e. The van der Waals surface area contributed by atoms with E-state index in [9.17, 15) is 9.90 Å². The lowest BCUT2D eigenvalue weighted by molar-refractivity contribution is -0.130. The number of aliphatic imine (C=N–C) groups is 1. The van der Waals surface area contributed by atoms with Gasteiger partial charge in [-0.05, 0) is 67.1 Å². The summed E-state index contributed by atoms with van der Waals surface area (Å²) in [6.07, 6.45) is 2.72. The number of ether oxygens (including phenoxy) is 2. The topological polar surface area (TPSA) is 100 Å². The van der Waals surface area contributed by atoms with Crippen LogP contribution in [0, 0.1) is 0 Å². The molecule has 3 N–H and O–H groups in total. The van der Waals surface area contributed by atoms with E-state index in [1.807, 2.05) is 78.9 Å². The molecule has 210 valence electrons. The summed E-state index contributed by atoms with van der Waals surface area (Å²) >= 11 is 3.67. The maximum absolute atomic E-state index is 14.4. The Morgan fingerprint density at radius 1 is 1.00 bits per heavy atom. The summed E-state index contributed by atoms with van der Waals surface area (Å²) in [6.45, 7) is 0.503. The zero-order chi connectivity index (χ0) is 28.0. The maximum atomic E-state index is 14.4. The predicted molar refractivity (Wildman–Crippen MR) is 157 cm³/mol. The third-order valence-corrected chi connectivity index (χ3v) is 8.36. The van der Waals surface area contributed by atoms with Gasteiger partial charge in [-0.2, -0.15) is 0 Å². The van der Waals surface area contributed by atoms with Crippen LogP contribution in [0.1, 0.15) is 54.9 Å². The highest BCUT2D eigenvalue weighted by Gasteiger charge is 2.54. The molecule has 0 radical (unpaired) electrons. The Balaban J connectivity index is 1.54. The zero-order valence-electron chi connectivity index (χ0n) is 22.3. The van der Waals surface area contributed by atoms with Gasteiger partial charge in [0.1, 0.15) is 5.75 Å². The highest BCUT2D eigenvalue weighted by molar-refractivity contribution is 9.10. The first-order valence-corrected chi connectivity index (χ1v) is 14.7. The van der Waals surface area contributed by atoms with E-state index in [-0.39, 0.29) is 24.7 Å². The average molecular weight is 608 g/mol. The van der Waals surface area contributed by atoms with E-state index in [1.54, 1.807) is 0 Å².